The summed E-state index contributed by atoms with van der Waals surface area (Å²) in [6.07, 6.45) is 3.46. The molecule has 10 heteroatoms. The number of imidazole rings is 1. The molecule has 1 aromatic carbocycles. The number of hydrogen-bond acceptors (Lipinski definition) is 5. The third kappa shape index (κ3) is 10.5. The largest absolute Gasteiger partial charge is 0.657 e. The molecule has 218 valence electrons. The van der Waals surface area contributed by atoms with Gasteiger partial charge in [0, 0.05) is 47.6 Å². The Balaban J connectivity index is 0.00000248. The second-order valence-electron chi connectivity index (χ2n) is 9.72. The quantitative estimate of drug-likeness (QED) is 0.319. The van der Waals surface area contributed by atoms with Gasteiger partial charge < -0.3 is 30.4 Å². The van der Waals surface area contributed by atoms with Gasteiger partial charge in [0.25, 0.3) is 0 Å². The van der Waals surface area contributed by atoms with Gasteiger partial charge in [-0.15, -0.1) is 0 Å². The van der Waals surface area contributed by atoms with Gasteiger partial charge >= 0.3 is 11.7 Å². The topological polar surface area (TPSA) is 113 Å². The monoisotopic (exact) mass is 712 g/mol. The van der Waals surface area contributed by atoms with Crippen molar-refractivity contribution in [2.75, 3.05) is 39.8 Å². The number of nitrogens with one attached hydrogen (secondary N) is 2. The van der Waals surface area contributed by atoms with Crippen LogP contribution in [0.1, 0.15) is 71.0 Å². The second-order valence-corrected chi connectivity index (χ2v) is 9.72. The summed E-state index contributed by atoms with van der Waals surface area (Å²) in [4.78, 5) is 26.1. The summed E-state index contributed by atoms with van der Waals surface area (Å²) in [5.74, 6) is 6.03. The molecule has 0 spiro atoms. The van der Waals surface area contributed by atoms with Crippen molar-refractivity contribution in [3.05, 3.63) is 40.0 Å². The van der Waals surface area contributed by atoms with Crippen LogP contribution in [0.15, 0.2) is 23.0 Å². The van der Waals surface area contributed by atoms with Gasteiger partial charge in [0.2, 0.25) is 0 Å². The molecular formula is C29H46N5O4W-. The van der Waals surface area contributed by atoms with Crippen molar-refractivity contribution < 1.29 is 35.7 Å². The van der Waals surface area contributed by atoms with Crippen molar-refractivity contribution in [2.45, 2.75) is 71.6 Å². The smallest absolute Gasteiger partial charge is 0.327 e. The Morgan fingerprint density at radius 1 is 1.28 bits per heavy atom. The third-order valence-corrected chi connectivity index (χ3v) is 6.98. The van der Waals surface area contributed by atoms with Crippen LogP contribution in [-0.2, 0) is 37.6 Å². The zero-order valence-corrected chi connectivity index (χ0v) is 27.1. The molecule has 1 aliphatic rings. The van der Waals surface area contributed by atoms with Crippen molar-refractivity contribution in [1.82, 2.24) is 19.4 Å². The first-order valence-electron chi connectivity index (χ1n) is 13.9. The Morgan fingerprint density at radius 2 is 1.97 bits per heavy atom. The van der Waals surface area contributed by atoms with Gasteiger partial charge in [0.15, 0.2) is 0 Å². The van der Waals surface area contributed by atoms with Gasteiger partial charge in [-0.3, -0.25) is 9.36 Å². The minimum atomic E-state index is -0.981. The number of carboxylic acids is 1. The molecule has 1 aliphatic heterocycles. The third-order valence-electron chi connectivity index (χ3n) is 6.98. The summed E-state index contributed by atoms with van der Waals surface area (Å²) in [6, 6.07) is 5.43. The van der Waals surface area contributed by atoms with Gasteiger partial charge in [-0.05, 0) is 70.3 Å². The number of rotatable bonds is 12. The summed E-state index contributed by atoms with van der Waals surface area (Å²) >= 11 is 0. The van der Waals surface area contributed by atoms with E-state index >= 15 is 0 Å². The van der Waals surface area contributed by atoms with Crippen LogP contribution in [-0.4, -0.2) is 71.0 Å². The van der Waals surface area contributed by atoms with Crippen LogP contribution in [0.4, 0.5) is 0 Å². The van der Waals surface area contributed by atoms with Crippen LogP contribution in [0.2, 0.25) is 0 Å². The fraction of sp³-hybridized carbons (Fsp3) is 0.655. The number of carbonyl (C=O) groups is 1. The van der Waals surface area contributed by atoms with E-state index in [0.717, 1.165) is 44.9 Å². The molecule has 0 aliphatic carbocycles. The number of aryl methyl sites for hydroxylation is 1. The van der Waals surface area contributed by atoms with Crippen LogP contribution in [0.25, 0.3) is 16.8 Å². The van der Waals surface area contributed by atoms with E-state index in [9.17, 15) is 9.59 Å². The Labute approximate surface area is 247 Å². The molecule has 2 heterocycles. The molecule has 2 atom stereocenters. The van der Waals surface area contributed by atoms with E-state index in [1.807, 2.05) is 19.9 Å². The molecule has 1 aromatic heterocycles. The molecule has 39 heavy (non-hydrogen) atoms. The molecule has 0 radical (unpaired) electrons. The Morgan fingerprint density at radius 3 is 2.62 bits per heavy atom. The number of hydrogen-bond donors (Lipinski definition) is 2. The molecule has 0 bridgehead atoms. The zero-order chi connectivity index (χ0) is 28.1. The normalized spacial score (nSPS) is 15.1. The van der Waals surface area contributed by atoms with Crippen LogP contribution in [0.3, 0.4) is 0 Å². The first kappa shape index (κ1) is 35.1. The number of para-hydroxylation sites is 1. The fourth-order valence-electron chi connectivity index (χ4n) is 4.89. The SMILES string of the molecule is CC.CCC(CCN(C)CC1CCNCC1)OCC#Cc1cccc2c1n(C)c(=O)n2C([NH-])CCC(=O)O.[W]. The number of nitrogens with zero attached hydrogens (tertiary/aromatic N) is 3. The molecular weight excluding hydrogens is 666 g/mol. The van der Waals surface area contributed by atoms with E-state index in [-0.39, 0.29) is 45.7 Å². The molecule has 3 N–H and O–H groups in total. The van der Waals surface area contributed by atoms with Crippen molar-refractivity contribution in [2.24, 2.45) is 13.0 Å². The number of fused-ring (bicyclic) bond motifs is 1. The van der Waals surface area contributed by atoms with E-state index in [0.29, 0.717) is 23.2 Å². The van der Waals surface area contributed by atoms with Gasteiger partial charge in [0.05, 0.1) is 22.7 Å². The van der Waals surface area contributed by atoms with Crippen molar-refractivity contribution in [3.8, 4) is 11.8 Å². The van der Waals surface area contributed by atoms with Crippen LogP contribution < -0.4 is 11.0 Å². The summed E-state index contributed by atoms with van der Waals surface area (Å²) in [5.41, 5.74) is 9.89. The molecule has 9 nitrogen and oxygen atoms in total. The van der Waals surface area contributed by atoms with Crippen molar-refractivity contribution in [3.63, 3.8) is 0 Å². The average Bonchev–Trinajstić information content (AvgIpc) is 3.18. The number of ether oxygens (including phenoxy) is 1. The van der Waals surface area contributed by atoms with E-state index in [2.05, 4.69) is 36.0 Å². The van der Waals surface area contributed by atoms with Crippen LogP contribution in [0, 0.1) is 17.8 Å². The Bertz CT molecular complexity index is 1130. The van der Waals surface area contributed by atoms with E-state index in [1.54, 1.807) is 19.2 Å². The van der Waals surface area contributed by atoms with Crippen molar-refractivity contribution in [1.29, 1.82) is 0 Å². The predicted octanol–water partition coefficient (Wildman–Crippen LogP) is 4.25. The Hall–Kier alpha value is -1.95. The molecule has 3 rings (SSSR count). The summed E-state index contributed by atoms with van der Waals surface area (Å²) in [5, 5.41) is 12.4. The zero-order valence-electron chi connectivity index (χ0n) is 24.2. The Kier molecular flexibility index (Phi) is 16.6. The van der Waals surface area contributed by atoms with Crippen molar-refractivity contribution >= 4 is 17.0 Å². The van der Waals surface area contributed by atoms with Gasteiger partial charge in [0.1, 0.15) is 6.61 Å². The minimum absolute atomic E-state index is 0. The van der Waals surface area contributed by atoms with E-state index in [4.69, 9.17) is 15.6 Å². The van der Waals surface area contributed by atoms with Gasteiger partial charge in [-0.2, -0.15) is 0 Å². The molecule has 0 saturated carbocycles. The van der Waals surface area contributed by atoms with Crippen LogP contribution in [0.5, 0.6) is 0 Å². The molecule has 2 unspecified atom stereocenters. The summed E-state index contributed by atoms with van der Waals surface area (Å²) < 4.78 is 8.87. The number of aromatic nitrogens is 2. The van der Waals surface area contributed by atoms with Gasteiger partial charge in [-0.1, -0.05) is 44.8 Å². The van der Waals surface area contributed by atoms with E-state index in [1.165, 1.54) is 22.0 Å². The molecule has 1 fully saturated rings. The maximum atomic E-state index is 12.8. The number of aliphatic carboxylic acids is 1. The number of piperidine rings is 1. The predicted molar refractivity (Wildman–Crippen MR) is 153 cm³/mol. The van der Waals surface area contributed by atoms with E-state index < -0.39 is 12.1 Å². The van der Waals surface area contributed by atoms with Gasteiger partial charge in [-0.25, -0.2) is 4.79 Å². The molecule has 1 saturated heterocycles. The number of carboxylic acid groups (broad SMARTS) is 1. The molecule has 0 amide bonds. The maximum absolute atomic E-state index is 12.8. The standard InChI is InChI=1S/C27H40N5O4.C2H6.W/c1-4-22(14-17-30(2)19-20-12-15-29-16-13-20)36-18-6-8-21-7-5-9-23-26(21)31(3)27(35)32(23)24(28)10-11-25(33)34;1-2;/h5,7,9,20,22,24,28-29H,4,10-19H2,1-3H3,(H,33,34);1-2H3;/q-1;;. The first-order chi connectivity index (χ1) is 18.3. The second kappa shape index (κ2) is 18.4. The number of benzene rings is 1. The minimum Gasteiger partial charge on any atom is -0.657 e. The summed E-state index contributed by atoms with van der Waals surface area (Å²) in [6.45, 7) is 10.8. The maximum Gasteiger partial charge on any atom is 0.327 e. The summed E-state index contributed by atoms with van der Waals surface area (Å²) in [7, 11) is 3.84. The van der Waals surface area contributed by atoms with Crippen LogP contribution >= 0.6 is 0 Å². The first-order valence-corrected chi connectivity index (χ1v) is 13.9. The fourth-order valence-corrected chi connectivity index (χ4v) is 4.89. The molecule has 2 aromatic rings. The average molecular weight is 713 g/mol.